The van der Waals surface area contributed by atoms with Gasteiger partial charge in [0.05, 0.1) is 17.8 Å². The molecule has 3 aromatic rings. The Hall–Kier alpha value is -4.43. The van der Waals surface area contributed by atoms with Crippen molar-refractivity contribution in [1.82, 2.24) is 4.90 Å². The molecule has 0 atom stereocenters. The minimum Gasteiger partial charge on any atom is -0.478 e. The number of carboxylic acids is 1. The number of rotatable bonds is 7. The SMILES string of the molecule is Cc1ccc(C(=O)Nc2ccccc2C(=O)O)cc1NC1=C(Cl)C(=O)N(Cc2ccccc2)C1=O. The summed E-state index contributed by atoms with van der Waals surface area (Å²) in [7, 11) is 0. The number of aryl methyl sites for hydroxylation is 1. The van der Waals surface area contributed by atoms with E-state index in [4.69, 9.17) is 11.6 Å². The minimum atomic E-state index is -1.17. The minimum absolute atomic E-state index is 0.0446. The van der Waals surface area contributed by atoms with Crippen LogP contribution in [0.15, 0.2) is 83.5 Å². The van der Waals surface area contributed by atoms with Crippen LogP contribution in [0, 0.1) is 6.92 Å². The molecule has 0 fully saturated rings. The van der Waals surface area contributed by atoms with Gasteiger partial charge in [-0.3, -0.25) is 19.3 Å². The molecule has 1 heterocycles. The number of nitrogens with one attached hydrogen (secondary N) is 2. The number of amides is 3. The number of carboxylic acid groups (broad SMARTS) is 1. The standard InChI is InChI=1S/C26H20ClN3O5/c1-15-11-12-17(23(31)29-19-10-6-5-9-18(19)26(34)35)13-20(15)28-22-21(27)24(32)30(25(22)33)14-16-7-3-2-4-8-16/h2-13,28H,14H2,1H3,(H,29,31)(H,34,35). The number of anilines is 2. The van der Waals surface area contributed by atoms with E-state index < -0.39 is 23.7 Å². The van der Waals surface area contributed by atoms with E-state index in [9.17, 15) is 24.3 Å². The molecule has 176 valence electrons. The molecule has 0 saturated heterocycles. The van der Waals surface area contributed by atoms with Crippen LogP contribution < -0.4 is 10.6 Å². The van der Waals surface area contributed by atoms with E-state index in [0.717, 1.165) is 10.5 Å². The lowest BCUT2D eigenvalue weighted by Crippen LogP contribution is -2.31. The molecule has 3 N–H and O–H groups in total. The van der Waals surface area contributed by atoms with Gasteiger partial charge in [0.1, 0.15) is 10.7 Å². The zero-order chi connectivity index (χ0) is 25.1. The summed E-state index contributed by atoms with van der Waals surface area (Å²) in [6.45, 7) is 1.84. The van der Waals surface area contributed by atoms with Gasteiger partial charge in [-0.05, 0) is 42.3 Å². The van der Waals surface area contributed by atoms with Crippen molar-refractivity contribution in [3.05, 3.63) is 106 Å². The molecule has 0 spiro atoms. The quantitative estimate of drug-likeness (QED) is 0.424. The zero-order valence-corrected chi connectivity index (χ0v) is 19.3. The molecule has 0 saturated carbocycles. The van der Waals surface area contributed by atoms with Crippen LogP contribution in [-0.2, 0) is 16.1 Å². The Bertz CT molecular complexity index is 1380. The molecule has 3 amide bonds. The van der Waals surface area contributed by atoms with Gasteiger partial charge in [0.25, 0.3) is 17.7 Å². The van der Waals surface area contributed by atoms with Gasteiger partial charge >= 0.3 is 5.97 Å². The van der Waals surface area contributed by atoms with E-state index in [2.05, 4.69) is 10.6 Å². The van der Waals surface area contributed by atoms with Gasteiger partial charge in [-0.25, -0.2) is 4.79 Å². The molecule has 35 heavy (non-hydrogen) atoms. The van der Waals surface area contributed by atoms with Crippen molar-refractivity contribution in [3.8, 4) is 0 Å². The van der Waals surface area contributed by atoms with Crippen LogP contribution in [0.2, 0.25) is 0 Å². The fraction of sp³-hybridized carbons (Fsp3) is 0.0769. The number of para-hydroxylation sites is 1. The van der Waals surface area contributed by atoms with E-state index in [-0.39, 0.29) is 34.1 Å². The highest BCUT2D eigenvalue weighted by molar-refractivity contribution is 6.48. The lowest BCUT2D eigenvalue weighted by Gasteiger charge is -2.16. The largest absolute Gasteiger partial charge is 0.478 e. The normalized spacial score (nSPS) is 13.3. The molecule has 9 heteroatoms. The van der Waals surface area contributed by atoms with E-state index >= 15 is 0 Å². The van der Waals surface area contributed by atoms with E-state index in [0.29, 0.717) is 11.3 Å². The third kappa shape index (κ3) is 4.92. The van der Waals surface area contributed by atoms with Crippen LogP contribution in [0.5, 0.6) is 0 Å². The zero-order valence-electron chi connectivity index (χ0n) is 18.5. The van der Waals surface area contributed by atoms with Gasteiger partial charge in [0.15, 0.2) is 0 Å². The van der Waals surface area contributed by atoms with E-state index in [1.165, 1.54) is 18.2 Å². The Morgan fingerprint density at radius 2 is 1.60 bits per heavy atom. The van der Waals surface area contributed by atoms with Crippen molar-refractivity contribution in [2.75, 3.05) is 10.6 Å². The third-order valence-corrected chi connectivity index (χ3v) is 5.81. The van der Waals surface area contributed by atoms with Crippen molar-refractivity contribution in [2.45, 2.75) is 13.5 Å². The summed E-state index contributed by atoms with van der Waals surface area (Å²) in [5.41, 5.74) is 2.12. The number of carbonyl (C=O) groups excluding carboxylic acids is 3. The summed E-state index contributed by atoms with van der Waals surface area (Å²) < 4.78 is 0. The summed E-state index contributed by atoms with van der Waals surface area (Å²) in [5, 5.41) is 14.6. The van der Waals surface area contributed by atoms with Crippen LogP contribution in [0.25, 0.3) is 0 Å². The summed E-state index contributed by atoms with van der Waals surface area (Å²) in [5.74, 6) is -2.90. The monoisotopic (exact) mass is 489 g/mol. The average molecular weight is 490 g/mol. The van der Waals surface area contributed by atoms with Gasteiger partial charge in [0.2, 0.25) is 0 Å². The Labute approximate surface area is 205 Å². The van der Waals surface area contributed by atoms with Crippen LogP contribution in [0.3, 0.4) is 0 Å². The second-order valence-electron chi connectivity index (χ2n) is 7.83. The third-order valence-electron chi connectivity index (χ3n) is 5.46. The lowest BCUT2D eigenvalue weighted by atomic mass is 10.1. The molecule has 0 radical (unpaired) electrons. The van der Waals surface area contributed by atoms with Crippen molar-refractivity contribution in [3.63, 3.8) is 0 Å². The Kier molecular flexibility index (Phi) is 6.66. The summed E-state index contributed by atoms with van der Waals surface area (Å²) in [4.78, 5) is 50.9. The second kappa shape index (κ2) is 9.82. The fourth-order valence-corrected chi connectivity index (χ4v) is 3.80. The highest BCUT2D eigenvalue weighted by atomic mass is 35.5. The van der Waals surface area contributed by atoms with Crippen LogP contribution in [0.4, 0.5) is 11.4 Å². The predicted octanol–water partition coefficient (Wildman–Crippen LogP) is 4.38. The predicted molar refractivity (Wildman–Crippen MR) is 131 cm³/mol. The average Bonchev–Trinajstić information content (AvgIpc) is 3.04. The molecule has 1 aliphatic heterocycles. The van der Waals surface area contributed by atoms with Gasteiger partial charge in [-0.1, -0.05) is 60.1 Å². The van der Waals surface area contributed by atoms with Gasteiger partial charge in [-0.15, -0.1) is 0 Å². The number of carbonyl (C=O) groups is 4. The number of benzene rings is 3. The van der Waals surface area contributed by atoms with Crippen molar-refractivity contribution in [2.24, 2.45) is 0 Å². The summed E-state index contributed by atoms with van der Waals surface area (Å²) in [6.07, 6.45) is 0. The van der Waals surface area contributed by atoms with Gasteiger partial charge in [-0.2, -0.15) is 0 Å². The molecule has 4 rings (SSSR count). The first-order chi connectivity index (χ1) is 16.8. The Morgan fingerprint density at radius 1 is 0.914 bits per heavy atom. The maximum atomic E-state index is 13.0. The maximum Gasteiger partial charge on any atom is 0.337 e. The number of aromatic carboxylic acids is 1. The molecule has 0 aromatic heterocycles. The number of nitrogens with zero attached hydrogens (tertiary/aromatic N) is 1. The first-order valence-electron chi connectivity index (χ1n) is 10.6. The summed E-state index contributed by atoms with van der Waals surface area (Å²) >= 11 is 6.21. The van der Waals surface area contributed by atoms with Crippen molar-refractivity contribution in [1.29, 1.82) is 0 Å². The highest BCUT2D eigenvalue weighted by Gasteiger charge is 2.38. The molecule has 3 aromatic carbocycles. The molecule has 0 aliphatic carbocycles. The smallest absolute Gasteiger partial charge is 0.337 e. The van der Waals surface area contributed by atoms with Crippen LogP contribution in [-0.4, -0.2) is 33.7 Å². The number of hydrogen-bond acceptors (Lipinski definition) is 5. The van der Waals surface area contributed by atoms with Crippen molar-refractivity contribution < 1.29 is 24.3 Å². The van der Waals surface area contributed by atoms with Crippen molar-refractivity contribution >= 4 is 46.7 Å². The maximum absolute atomic E-state index is 13.0. The van der Waals surface area contributed by atoms with Gasteiger partial charge in [0, 0.05) is 11.3 Å². The number of halogens is 1. The second-order valence-corrected chi connectivity index (χ2v) is 8.21. The number of imide groups is 1. The Balaban J connectivity index is 1.55. The number of hydrogen-bond donors (Lipinski definition) is 3. The van der Waals surface area contributed by atoms with E-state index in [1.54, 1.807) is 43.3 Å². The first kappa shape index (κ1) is 23.7. The van der Waals surface area contributed by atoms with Crippen LogP contribution >= 0.6 is 11.6 Å². The lowest BCUT2D eigenvalue weighted by molar-refractivity contribution is -0.138. The molecule has 1 aliphatic rings. The fourth-order valence-electron chi connectivity index (χ4n) is 3.57. The van der Waals surface area contributed by atoms with E-state index in [1.807, 2.05) is 18.2 Å². The Morgan fingerprint density at radius 3 is 2.31 bits per heavy atom. The molecular formula is C26H20ClN3O5. The first-order valence-corrected chi connectivity index (χ1v) is 11.0. The summed E-state index contributed by atoms with van der Waals surface area (Å²) in [6, 6.07) is 19.8. The molecule has 0 bridgehead atoms. The van der Waals surface area contributed by atoms with Crippen LogP contribution in [0.1, 0.15) is 31.8 Å². The highest BCUT2D eigenvalue weighted by Crippen LogP contribution is 2.29. The molecule has 8 nitrogen and oxygen atoms in total. The molecular weight excluding hydrogens is 470 g/mol. The topological polar surface area (TPSA) is 116 Å². The molecule has 0 unspecified atom stereocenters. The van der Waals surface area contributed by atoms with Gasteiger partial charge < -0.3 is 15.7 Å².